The molecule has 3 heterocycles. The van der Waals surface area contributed by atoms with E-state index in [0.717, 1.165) is 43.1 Å². The molecule has 1 atom stereocenters. The molecule has 1 aliphatic rings. The number of imidazole rings is 1. The van der Waals surface area contributed by atoms with E-state index in [-0.39, 0.29) is 0 Å². The summed E-state index contributed by atoms with van der Waals surface area (Å²) in [6.07, 6.45) is 4.18. The maximum atomic E-state index is 4.72. The SMILES string of the molecule is CCn1c(CC2CCNC2)nc2cccnc21. The number of rotatable bonds is 3. The van der Waals surface area contributed by atoms with Crippen molar-refractivity contribution in [3.8, 4) is 0 Å². The van der Waals surface area contributed by atoms with E-state index in [1.165, 1.54) is 12.2 Å². The Morgan fingerprint density at radius 1 is 1.53 bits per heavy atom. The van der Waals surface area contributed by atoms with Crippen LogP contribution in [0.5, 0.6) is 0 Å². The van der Waals surface area contributed by atoms with Crippen LogP contribution in [0.4, 0.5) is 0 Å². The summed E-state index contributed by atoms with van der Waals surface area (Å²) < 4.78 is 2.24. The molecule has 0 saturated carbocycles. The highest BCUT2D eigenvalue weighted by Gasteiger charge is 2.19. The zero-order valence-corrected chi connectivity index (χ0v) is 10.2. The van der Waals surface area contributed by atoms with Crippen LogP contribution in [-0.2, 0) is 13.0 Å². The maximum Gasteiger partial charge on any atom is 0.159 e. The highest BCUT2D eigenvalue weighted by molar-refractivity contribution is 5.71. The first-order chi connectivity index (χ1) is 8.38. The zero-order valence-electron chi connectivity index (χ0n) is 10.2. The molecule has 1 N–H and O–H groups in total. The van der Waals surface area contributed by atoms with Crippen molar-refractivity contribution in [2.75, 3.05) is 13.1 Å². The van der Waals surface area contributed by atoms with Crippen LogP contribution in [0, 0.1) is 5.92 Å². The van der Waals surface area contributed by atoms with Gasteiger partial charge < -0.3 is 9.88 Å². The number of hydrogen-bond donors (Lipinski definition) is 1. The lowest BCUT2D eigenvalue weighted by Gasteiger charge is -2.09. The van der Waals surface area contributed by atoms with Gasteiger partial charge >= 0.3 is 0 Å². The van der Waals surface area contributed by atoms with Crippen molar-refractivity contribution >= 4 is 11.2 Å². The molecule has 1 saturated heterocycles. The first-order valence-corrected chi connectivity index (χ1v) is 6.39. The molecule has 3 rings (SSSR count). The van der Waals surface area contributed by atoms with Crippen LogP contribution >= 0.6 is 0 Å². The van der Waals surface area contributed by atoms with E-state index in [9.17, 15) is 0 Å². The average Bonchev–Trinajstić information content (AvgIpc) is 2.96. The van der Waals surface area contributed by atoms with Crippen molar-refractivity contribution in [2.45, 2.75) is 26.3 Å². The summed E-state index contributed by atoms with van der Waals surface area (Å²) in [7, 11) is 0. The van der Waals surface area contributed by atoms with Crippen molar-refractivity contribution in [3.05, 3.63) is 24.2 Å². The van der Waals surface area contributed by atoms with Gasteiger partial charge in [0.05, 0.1) is 0 Å². The van der Waals surface area contributed by atoms with Gasteiger partial charge in [-0.2, -0.15) is 0 Å². The van der Waals surface area contributed by atoms with E-state index < -0.39 is 0 Å². The molecule has 17 heavy (non-hydrogen) atoms. The zero-order chi connectivity index (χ0) is 11.7. The second kappa shape index (κ2) is 4.45. The lowest BCUT2D eigenvalue weighted by molar-refractivity contribution is 0.542. The van der Waals surface area contributed by atoms with Crippen molar-refractivity contribution in [1.82, 2.24) is 19.9 Å². The largest absolute Gasteiger partial charge is 0.316 e. The minimum absolute atomic E-state index is 0.733. The van der Waals surface area contributed by atoms with E-state index in [1.807, 2.05) is 18.3 Å². The number of nitrogens with zero attached hydrogens (tertiary/aromatic N) is 3. The van der Waals surface area contributed by atoms with Crippen molar-refractivity contribution < 1.29 is 0 Å². The van der Waals surface area contributed by atoms with Crippen LogP contribution in [0.25, 0.3) is 11.2 Å². The van der Waals surface area contributed by atoms with Gasteiger partial charge in [0.2, 0.25) is 0 Å². The molecule has 0 amide bonds. The fourth-order valence-electron chi connectivity index (χ4n) is 2.64. The first kappa shape index (κ1) is 10.7. The fourth-order valence-corrected chi connectivity index (χ4v) is 2.64. The minimum atomic E-state index is 0.733. The van der Waals surface area contributed by atoms with Crippen LogP contribution in [0.15, 0.2) is 18.3 Å². The molecular weight excluding hydrogens is 212 g/mol. The smallest absolute Gasteiger partial charge is 0.159 e. The predicted octanol–water partition coefficient (Wildman–Crippen LogP) is 1.60. The topological polar surface area (TPSA) is 42.7 Å². The lowest BCUT2D eigenvalue weighted by Crippen LogP contribution is -2.13. The molecule has 0 bridgehead atoms. The van der Waals surface area contributed by atoms with Gasteiger partial charge in [-0.15, -0.1) is 0 Å². The summed E-state index contributed by atoms with van der Waals surface area (Å²) in [5.41, 5.74) is 2.05. The fraction of sp³-hybridized carbons (Fsp3) is 0.538. The van der Waals surface area contributed by atoms with Crippen LogP contribution in [0.3, 0.4) is 0 Å². The second-order valence-corrected chi connectivity index (χ2v) is 4.68. The van der Waals surface area contributed by atoms with Gasteiger partial charge in [0.15, 0.2) is 5.65 Å². The van der Waals surface area contributed by atoms with E-state index in [1.54, 1.807) is 0 Å². The summed E-state index contributed by atoms with van der Waals surface area (Å²) in [6, 6.07) is 4.00. The van der Waals surface area contributed by atoms with Gasteiger partial charge in [-0.3, -0.25) is 0 Å². The Labute approximate surface area is 101 Å². The summed E-state index contributed by atoms with van der Waals surface area (Å²) in [5, 5.41) is 3.41. The molecule has 2 aromatic heterocycles. The summed E-state index contributed by atoms with van der Waals surface area (Å²) in [4.78, 5) is 9.15. The van der Waals surface area contributed by atoms with Gasteiger partial charge in [-0.05, 0) is 44.5 Å². The predicted molar refractivity (Wildman–Crippen MR) is 67.9 cm³/mol. The van der Waals surface area contributed by atoms with Crippen molar-refractivity contribution in [3.63, 3.8) is 0 Å². The van der Waals surface area contributed by atoms with Crippen LogP contribution in [0.1, 0.15) is 19.2 Å². The van der Waals surface area contributed by atoms with Gasteiger partial charge in [-0.25, -0.2) is 9.97 Å². The highest BCUT2D eigenvalue weighted by Crippen LogP contribution is 2.19. The first-order valence-electron chi connectivity index (χ1n) is 6.39. The Kier molecular flexibility index (Phi) is 2.81. The Balaban J connectivity index is 1.96. The van der Waals surface area contributed by atoms with E-state index >= 15 is 0 Å². The molecule has 0 aromatic carbocycles. The van der Waals surface area contributed by atoms with E-state index in [0.29, 0.717) is 0 Å². The van der Waals surface area contributed by atoms with E-state index in [4.69, 9.17) is 4.98 Å². The average molecular weight is 230 g/mol. The van der Waals surface area contributed by atoms with E-state index in [2.05, 4.69) is 21.8 Å². The van der Waals surface area contributed by atoms with Crippen LogP contribution < -0.4 is 5.32 Å². The summed E-state index contributed by atoms with van der Waals surface area (Å²) in [6.45, 7) is 5.38. The third-order valence-electron chi connectivity index (χ3n) is 3.53. The number of aryl methyl sites for hydroxylation is 1. The third-order valence-corrected chi connectivity index (χ3v) is 3.53. The molecule has 90 valence electrons. The van der Waals surface area contributed by atoms with Crippen molar-refractivity contribution in [2.24, 2.45) is 5.92 Å². The lowest BCUT2D eigenvalue weighted by atomic mass is 10.0. The number of hydrogen-bond acceptors (Lipinski definition) is 3. The molecule has 1 aliphatic heterocycles. The number of nitrogens with one attached hydrogen (secondary N) is 1. The molecule has 0 radical (unpaired) electrons. The summed E-state index contributed by atoms with van der Waals surface area (Å²) in [5.74, 6) is 1.92. The Morgan fingerprint density at radius 3 is 3.24 bits per heavy atom. The van der Waals surface area contributed by atoms with Gasteiger partial charge in [0.1, 0.15) is 11.3 Å². The number of fused-ring (bicyclic) bond motifs is 1. The van der Waals surface area contributed by atoms with Crippen LogP contribution in [0.2, 0.25) is 0 Å². The molecule has 2 aromatic rings. The molecule has 1 unspecified atom stereocenters. The molecular formula is C13H18N4. The van der Waals surface area contributed by atoms with Gasteiger partial charge in [0.25, 0.3) is 0 Å². The maximum absolute atomic E-state index is 4.72. The molecule has 0 aliphatic carbocycles. The normalized spacial score (nSPS) is 20.2. The quantitative estimate of drug-likeness (QED) is 0.871. The standard InChI is InChI=1S/C13H18N4/c1-2-17-12(8-10-5-7-14-9-10)16-11-4-3-6-15-13(11)17/h3-4,6,10,14H,2,5,7-9H2,1H3. The Hall–Kier alpha value is -1.42. The minimum Gasteiger partial charge on any atom is -0.316 e. The molecule has 1 fully saturated rings. The molecule has 4 nitrogen and oxygen atoms in total. The van der Waals surface area contributed by atoms with Crippen LogP contribution in [-0.4, -0.2) is 27.6 Å². The van der Waals surface area contributed by atoms with Gasteiger partial charge in [0, 0.05) is 19.2 Å². The molecule has 0 spiro atoms. The number of aromatic nitrogens is 3. The van der Waals surface area contributed by atoms with Crippen molar-refractivity contribution in [1.29, 1.82) is 0 Å². The highest BCUT2D eigenvalue weighted by atomic mass is 15.1. The van der Waals surface area contributed by atoms with Gasteiger partial charge in [-0.1, -0.05) is 0 Å². The monoisotopic (exact) mass is 230 g/mol. The molecule has 4 heteroatoms. The summed E-state index contributed by atoms with van der Waals surface area (Å²) >= 11 is 0. The number of pyridine rings is 1. The Morgan fingerprint density at radius 2 is 2.47 bits per heavy atom. The Bertz CT molecular complexity index is 511. The second-order valence-electron chi connectivity index (χ2n) is 4.68. The third kappa shape index (κ3) is 1.93.